The lowest BCUT2D eigenvalue weighted by atomic mass is 10.00. The number of carbonyl (C=O) groups excluding carboxylic acids is 1. The molecule has 3 aromatic rings. The van der Waals surface area contributed by atoms with E-state index in [4.69, 9.17) is 15.9 Å². The quantitative estimate of drug-likeness (QED) is 0.320. The number of anilines is 1. The zero-order valence-corrected chi connectivity index (χ0v) is 17.4. The number of ether oxygens (including phenoxy) is 1. The van der Waals surface area contributed by atoms with E-state index in [0.29, 0.717) is 11.1 Å². The Morgan fingerprint density at radius 2 is 2.03 bits per heavy atom. The molecule has 0 spiro atoms. The molecule has 0 saturated carbocycles. The molecule has 2 aromatic carbocycles. The largest absolute Gasteiger partial charge is 0.495 e. The number of nitrogens with two attached hydrogens (primary N) is 1. The first kappa shape index (κ1) is 22.6. The molecule has 164 valence electrons. The maximum absolute atomic E-state index is 13.1. The molecule has 0 saturated heterocycles. The highest BCUT2D eigenvalue weighted by molar-refractivity contribution is 6.15. The van der Waals surface area contributed by atoms with Gasteiger partial charge >= 0.3 is 0 Å². The van der Waals surface area contributed by atoms with Gasteiger partial charge in [0.25, 0.3) is 5.91 Å². The Balaban J connectivity index is 1.89. The Hall–Kier alpha value is -4.04. The van der Waals surface area contributed by atoms with E-state index in [2.05, 4.69) is 10.3 Å². The molecule has 0 aliphatic carbocycles. The van der Waals surface area contributed by atoms with E-state index in [9.17, 15) is 14.3 Å². The second kappa shape index (κ2) is 10.3. The third-order valence-electron chi connectivity index (χ3n) is 4.80. The summed E-state index contributed by atoms with van der Waals surface area (Å²) in [5, 5.41) is 20.9. The standard InChI is InChI=1S/C24H23FN4O3/c1-32-23-18(24(31)29-21(14-30)16-3-2-12-28-13-16)9-11-20(27)22(23)19(26)10-6-15-4-7-17(25)8-5-15/h2-13,21,26,30H,14,27H2,1H3,(H,29,31)/b10-6+,26-19?. The maximum atomic E-state index is 13.1. The summed E-state index contributed by atoms with van der Waals surface area (Å²) in [4.78, 5) is 17.0. The normalized spacial score (nSPS) is 11.8. The summed E-state index contributed by atoms with van der Waals surface area (Å²) in [7, 11) is 1.39. The second-order valence-electron chi connectivity index (χ2n) is 6.90. The van der Waals surface area contributed by atoms with Gasteiger partial charge in [-0.1, -0.05) is 24.3 Å². The van der Waals surface area contributed by atoms with Crippen LogP contribution in [-0.2, 0) is 0 Å². The first-order valence-corrected chi connectivity index (χ1v) is 9.75. The van der Waals surface area contributed by atoms with Crippen LogP contribution in [0.25, 0.3) is 6.08 Å². The monoisotopic (exact) mass is 434 g/mol. The number of pyridine rings is 1. The summed E-state index contributed by atoms with van der Waals surface area (Å²) in [6, 6.07) is 11.6. The van der Waals surface area contributed by atoms with Crippen molar-refractivity contribution in [2.75, 3.05) is 19.5 Å². The predicted octanol–water partition coefficient (Wildman–Crippen LogP) is 3.36. The van der Waals surface area contributed by atoms with E-state index in [1.807, 2.05) is 0 Å². The number of nitrogens with one attached hydrogen (secondary N) is 2. The van der Waals surface area contributed by atoms with Crippen LogP contribution in [0.1, 0.15) is 33.1 Å². The molecule has 1 heterocycles. The zero-order chi connectivity index (χ0) is 23.1. The van der Waals surface area contributed by atoms with Crippen LogP contribution >= 0.6 is 0 Å². The number of methoxy groups -OCH3 is 1. The molecule has 1 aromatic heterocycles. The lowest BCUT2D eigenvalue weighted by molar-refractivity contribution is 0.0913. The SMILES string of the molecule is COc1c(C(=O)NC(CO)c2cccnc2)ccc(N)c1C(=N)/C=C/c1ccc(F)cc1. The third kappa shape index (κ3) is 5.16. The van der Waals surface area contributed by atoms with Crippen LogP contribution in [0.3, 0.4) is 0 Å². The van der Waals surface area contributed by atoms with Crippen molar-refractivity contribution in [3.8, 4) is 5.75 Å². The average molecular weight is 434 g/mol. The fraction of sp³-hybridized carbons (Fsp3) is 0.125. The van der Waals surface area contributed by atoms with Crippen molar-refractivity contribution in [1.29, 1.82) is 5.41 Å². The van der Waals surface area contributed by atoms with Gasteiger partial charge in [-0.3, -0.25) is 9.78 Å². The number of amides is 1. The molecule has 7 nitrogen and oxygen atoms in total. The van der Waals surface area contributed by atoms with E-state index in [1.54, 1.807) is 42.7 Å². The molecule has 0 bridgehead atoms. The summed E-state index contributed by atoms with van der Waals surface area (Å²) in [5.41, 5.74) is 8.13. The molecule has 3 rings (SSSR count). The van der Waals surface area contributed by atoms with Crippen molar-refractivity contribution in [1.82, 2.24) is 10.3 Å². The van der Waals surface area contributed by atoms with Gasteiger partial charge < -0.3 is 26.3 Å². The Morgan fingerprint density at radius 3 is 2.66 bits per heavy atom. The highest BCUT2D eigenvalue weighted by Gasteiger charge is 2.22. The van der Waals surface area contributed by atoms with Crippen LogP contribution < -0.4 is 15.8 Å². The fourth-order valence-corrected chi connectivity index (χ4v) is 3.16. The van der Waals surface area contributed by atoms with Crippen LogP contribution in [-0.4, -0.2) is 35.4 Å². The second-order valence-corrected chi connectivity index (χ2v) is 6.90. The number of nitrogens with zero attached hydrogens (tertiary/aromatic N) is 1. The lowest BCUT2D eigenvalue weighted by Crippen LogP contribution is -2.31. The van der Waals surface area contributed by atoms with E-state index >= 15 is 0 Å². The zero-order valence-electron chi connectivity index (χ0n) is 17.4. The number of hydrogen-bond donors (Lipinski definition) is 4. The van der Waals surface area contributed by atoms with Gasteiger partial charge in [0.2, 0.25) is 0 Å². The average Bonchev–Trinajstić information content (AvgIpc) is 2.82. The molecule has 0 fully saturated rings. The Labute approximate surface area is 184 Å². The van der Waals surface area contributed by atoms with Gasteiger partial charge in [-0.05, 0) is 47.5 Å². The van der Waals surface area contributed by atoms with Crippen LogP contribution in [0.4, 0.5) is 10.1 Å². The van der Waals surface area contributed by atoms with Gasteiger partial charge in [0.15, 0.2) is 0 Å². The Kier molecular flexibility index (Phi) is 7.30. The molecule has 32 heavy (non-hydrogen) atoms. The highest BCUT2D eigenvalue weighted by Crippen LogP contribution is 2.30. The van der Waals surface area contributed by atoms with Gasteiger partial charge in [-0.15, -0.1) is 0 Å². The number of nitrogen functional groups attached to an aromatic ring is 1. The number of allylic oxidation sites excluding steroid dienone is 1. The van der Waals surface area contributed by atoms with Gasteiger partial charge in [-0.25, -0.2) is 4.39 Å². The summed E-state index contributed by atoms with van der Waals surface area (Å²) in [6.07, 6.45) is 6.29. The highest BCUT2D eigenvalue weighted by atomic mass is 19.1. The molecule has 0 aliphatic rings. The summed E-state index contributed by atoms with van der Waals surface area (Å²) >= 11 is 0. The topological polar surface area (TPSA) is 121 Å². The molecular weight excluding hydrogens is 411 g/mol. The predicted molar refractivity (Wildman–Crippen MR) is 121 cm³/mol. The smallest absolute Gasteiger partial charge is 0.255 e. The Morgan fingerprint density at radius 1 is 1.28 bits per heavy atom. The molecule has 1 unspecified atom stereocenters. The molecule has 1 amide bonds. The van der Waals surface area contributed by atoms with Gasteiger partial charge in [0, 0.05) is 18.1 Å². The summed E-state index contributed by atoms with van der Waals surface area (Å²) < 4.78 is 18.5. The van der Waals surface area contributed by atoms with Crippen LogP contribution in [0.5, 0.6) is 5.75 Å². The van der Waals surface area contributed by atoms with Crippen LogP contribution in [0, 0.1) is 11.2 Å². The van der Waals surface area contributed by atoms with Gasteiger partial charge in [0.05, 0.1) is 36.6 Å². The van der Waals surface area contributed by atoms with Crippen LogP contribution in [0.2, 0.25) is 0 Å². The maximum Gasteiger partial charge on any atom is 0.255 e. The minimum Gasteiger partial charge on any atom is -0.495 e. The Bertz CT molecular complexity index is 1130. The number of aliphatic hydroxyl groups is 1. The van der Waals surface area contributed by atoms with E-state index < -0.39 is 11.9 Å². The van der Waals surface area contributed by atoms with E-state index in [-0.39, 0.29) is 40.7 Å². The van der Waals surface area contributed by atoms with Crippen molar-refractivity contribution >= 4 is 23.4 Å². The first-order valence-electron chi connectivity index (χ1n) is 9.75. The van der Waals surface area contributed by atoms with Crippen molar-refractivity contribution in [3.63, 3.8) is 0 Å². The molecule has 1 atom stereocenters. The number of aromatic nitrogens is 1. The van der Waals surface area contributed by atoms with Crippen molar-refractivity contribution in [2.45, 2.75) is 6.04 Å². The third-order valence-corrected chi connectivity index (χ3v) is 4.80. The lowest BCUT2D eigenvalue weighted by Gasteiger charge is -2.19. The number of aliphatic hydroxyl groups excluding tert-OH is 1. The summed E-state index contributed by atoms with van der Waals surface area (Å²) in [6.45, 7) is -0.322. The van der Waals surface area contributed by atoms with Crippen LogP contribution in [0.15, 0.2) is 67.0 Å². The number of halogens is 1. The summed E-state index contributed by atoms with van der Waals surface area (Å²) in [5.74, 6) is -0.713. The van der Waals surface area contributed by atoms with Gasteiger partial charge in [0.1, 0.15) is 11.6 Å². The number of carbonyl (C=O) groups is 1. The molecule has 5 N–H and O–H groups in total. The minimum absolute atomic E-state index is 0.0179. The molecule has 0 aliphatic heterocycles. The van der Waals surface area contributed by atoms with Gasteiger partial charge in [-0.2, -0.15) is 0 Å². The van der Waals surface area contributed by atoms with E-state index in [1.165, 1.54) is 37.5 Å². The fourth-order valence-electron chi connectivity index (χ4n) is 3.16. The molecule has 0 radical (unpaired) electrons. The number of hydrogen-bond acceptors (Lipinski definition) is 6. The minimum atomic E-state index is -0.667. The van der Waals surface area contributed by atoms with Crippen molar-refractivity contribution in [2.24, 2.45) is 0 Å². The van der Waals surface area contributed by atoms with E-state index in [0.717, 1.165) is 0 Å². The van der Waals surface area contributed by atoms with Crippen molar-refractivity contribution in [3.05, 3.63) is 95.1 Å². The van der Waals surface area contributed by atoms with Crippen molar-refractivity contribution < 1.29 is 19.0 Å². The number of benzene rings is 2. The number of rotatable bonds is 8. The molecular formula is C24H23FN4O3. The molecule has 8 heteroatoms. The first-order chi connectivity index (χ1) is 15.4.